The van der Waals surface area contributed by atoms with Gasteiger partial charge in [-0.15, -0.1) is 0 Å². The fourth-order valence-electron chi connectivity index (χ4n) is 3.62. The second-order valence-electron chi connectivity index (χ2n) is 7.29. The maximum Gasteiger partial charge on any atom is 0.238 e. The van der Waals surface area contributed by atoms with Gasteiger partial charge in [-0.05, 0) is 49.8 Å². The molecule has 0 atom stereocenters. The van der Waals surface area contributed by atoms with Crippen molar-refractivity contribution in [2.75, 3.05) is 18.4 Å². The number of carbonyl (C=O) groups is 1. The predicted molar refractivity (Wildman–Crippen MR) is 97.6 cm³/mol. The molecule has 2 saturated carbocycles. The average molecular weight is 365 g/mol. The van der Waals surface area contributed by atoms with E-state index in [-0.39, 0.29) is 10.8 Å². The first kappa shape index (κ1) is 18.4. The fourth-order valence-corrected chi connectivity index (χ4v) is 4.18. The predicted octanol–water partition coefficient (Wildman–Crippen LogP) is 2.32. The van der Waals surface area contributed by atoms with Crippen molar-refractivity contribution in [1.29, 1.82) is 0 Å². The molecule has 0 unspecified atom stereocenters. The molecule has 0 heterocycles. The summed E-state index contributed by atoms with van der Waals surface area (Å²) in [5.74, 6) is 0.599. The van der Waals surface area contributed by atoms with Gasteiger partial charge in [-0.2, -0.15) is 0 Å². The van der Waals surface area contributed by atoms with Crippen LogP contribution in [0.5, 0.6) is 0 Å². The molecule has 2 fully saturated rings. The van der Waals surface area contributed by atoms with Crippen LogP contribution in [0.25, 0.3) is 0 Å². The highest BCUT2D eigenvalue weighted by Crippen LogP contribution is 2.31. The lowest BCUT2D eigenvalue weighted by atomic mass is 9.89. The molecule has 0 aromatic heterocycles. The van der Waals surface area contributed by atoms with Crippen molar-refractivity contribution >= 4 is 21.6 Å². The fraction of sp³-hybridized carbons (Fsp3) is 0.611. The van der Waals surface area contributed by atoms with Crippen LogP contribution in [0.4, 0.5) is 5.69 Å². The van der Waals surface area contributed by atoms with Gasteiger partial charge >= 0.3 is 0 Å². The van der Waals surface area contributed by atoms with Crippen molar-refractivity contribution in [2.45, 2.75) is 55.9 Å². The number of amides is 1. The Kier molecular flexibility index (Phi) is 5.76. The molecular weight excluding hydrogens is 338 g/mol. The number of nitrogens with one attached hydrogen (secondary N) is 1. The molecule has 0 aliphatic heterocycles. The normalized spacial score (nSPS) is 19.1. The minimum Gasteiger partial charge on any atom is -0.325 e. The molecule has 1 amide bonds. The molecule has 1 aromatic carbocycles. The van der Waals surface area contributed by atoms with E-state index in [9.17, 15) is 13.2 Å². The van der Waals surface area contributed by atoms with Gasteiger partial charge in [0.2, 0.25) is 15.9 Å². The van der Waals surface area contributed by atoms with E-state index in [0.717, 1.165) is 6.54 Å². The smallest absolute Gasteiger partial charge is 0.238 e. The van der Waals surface area contributed by atoms with Gasteiger partial charge in [-0.3, -0.25) is 9.69 Å². The Balaban J connectivity index is 1.58. The van der Waals surface area contributed by atoms with Crippen molar-refractivity contribution < 1.29 is 13.2 Å². The Hall–Kier alpha value is -1.44. The van der Waals surface area contributed by atoms with Crippen molar-refractivity contribution in [3.63, 3.8) is 0 Å². The SMILES string of the molecule is NS(=O)(=O)c1cccc(NC(=O)CN(CC2CCCCC2)C2CC2)c1. The second kappa shape index (κ2) is 7.85. The average Bonchev–Trinajstić information content (AvgIpc) is 3.39. The quantitative estimate of drug-likeness (QED) is 0.775. The van der Waals surface area contributed by atoms with Crippen LogP contribution in [0.15, 0.2) is 29.2 Å². The van der Waals surface area contributed by atoms with E-state index in [0.29, 0.717) is 24.2 Å². The lowest BCUT2D eigenvalue weighted by Crippen LogP contribution is -2.38. The van der Waals surface area contributed by atoms with Crippen molar-refractivity contribution in [3.05, 3.63) is 24.3 Å². The maximum absolute atomic E-state index is 12.4. The van der Waals surface area contributed by atoms with Crippen LogP contribution < -0.4 is 10.5 Å². The molecule has 1 aromatic rings. The molecule has 0 spiro atoms. The zero-order chi connectivity index (χ0) is 17.9. The van der Waals surface area contributed by atoms with E-state index in [4.69, 9.17) is 5.14 Å². The third-order valence-corrected chi connectivity index (χ3v) is 5.98. The molecule has 138 valence electrons. The van der Waals surface area contributed by atoms with Crippen molar-refractivity contribution in [1.82, 2.24) is 4.90 Å². The van der Waals surface area contributed by atoms with E-state index in [1.807, 2.05) is 0 Å². The molecule has 0 radical (unpaired) electrons. The van der Waals surface area contributed by atoms with Gasteiger partial charge < -0.3 is 5.32 Å². The lowest BCUT2D eigenvalue weighted by molar-refractivity contribution is -0.117. The Morgan fingerprint density at radius 2 is 1.88 bits per heavy atom. The number of sulfonamides is 1. The zero-order valence-corrected chi connectivity index (χ0v) is 15.3. The number of rotatable bonds is 7. The van der Waals surface area contributed by atoms with Gasteiger partial charge in [0.25, 0.3) is 0 Å². The number of hydrogen-bond acceptors (Lipinski definition) is 4. The molecule has 25 heavy (non-hydrogen) atoms. The molecule has 6 nitrogen and oxygen atoms in total. The van der Waals surface area contributed by atoms with E-state index in [1.165, 1.54) is 57.1 Å². The first-order chi connectivity index (χ1) is 11.9. The van der Waals surface area contributed by atoms with Gasteiger partial charge in [0.15, 0.2) is 0 Å². The van der Waals surface area contributed by atoms with Crippen LogP contribution in [-0.4, -0.2) is 38.4 Å². The Labute approximate surface area is 149 Å². The summed E-state index contributed by atoms with van der Waals surface area (Å²) in [6, 6.07) is 6.61. The number of benzene rings is 1. The van der Waals surface area contributed by atoms with Gasteiger partial charge in [0, 0.05) is 18.3 Å². The molecule has 3 rings (SSSR count). The van der Waals surface area contributed by atoms with Crippen LogP contribution in [0, 0.1) is 5.92 Å². The Bertz CT molecular complexity index is 710. The third kappa shape index (κ3) is 5.52. The van der Waals surface area contributed by atoms with Crippen molar-refractivity contribution in [3.8, 4) is 0 Å². The van der Waals surface area contributed by atoms with Gasteiger partial charge in [0.05, 0.1) is 11.4 Å². The summed E-state index contributed by atoms with van der Waals surface area (Å²) in [6.07, 6.45) is 8.80. The maximum atomic E-state index is 12.4. The zero-order valence-electron chi connectivity index (χ0n) is 14.5. The van der Waals surface area contributed by atoms with E-state index in [1.54, 1.807) is 12.1 Å². The van der Waals surface area contributed by atoms with Gasteiger partial charge in [0.1, 0.15) is 0 Å². The van der Waals surface area contributed by atoms with Crippen LogP contribution >= 0.6 is 0 Å². The number of nitrogens with two attached hydrogens (primary N) is 1. The highest BCUT2D eigenvalue weighted by atomic mass is 32.2. The highest BCUT2D eigenvalue weighted by Gasteiger charge is 2.32. The molecule has 2 aliphatic rings. The molecule has 7 heteroatoms. The van der Waals surface area contributed by atoms with E-state index in [2.05, 4.69) is 10.2 Å². The summed E-state index contributed by atoms with van der Waals surface area (Å²) in [6.45, 7) is 1.36. The summed E-state index contributed by atoms with van der Waals surface area (Å²) in [4.78, 5) is 14.7. The number of primary sulfonamides is 1. The molecule has 0 bridgehead atoms. The number of hydrogen-bond donors (Lipinski definition) is 2. The summed E-state index contributed by atoms with van der Waals surface area (Å²) < 4.78 is 22.8. The number of nitrogens with zero attached hydrogens (tertiary/aromatic N) is 1. The van der Waals surface area contributed by atoms with Crippen molar-refractivity contribution in [2.24, 2.45) is 11.1 Å². The molecular formula is C18H27N3O3S. The molecule has 3 N–H and O–H groups in total. The molecule has 2 aliphatic carbocycles. The minimum atomic E-state index is -3.77. The van der Waals surface area contributed by atoms with Crippen LogP contribution in [0.3, 0.4) is 0 Å². The highest BCUT2D eigenvalue weighted by molar-refractivity contribution is 7.89. The Morgan fingerprint density at radius 3 is 2.52 bits per heavy atom. The third-order valence-electron chi connectivity index (χ3n) is 5.07. The largest absolute Gasteiger partial charge is 0.325 e. The molecule has 0 saturated heterocycles. The Morgan fingerprint density at radius 1 is 1.16 bits per heavy atom. The lowest BCUT2D eigenvalue weighted by Gasteiger charge is -2.29. The monoisotopic (exact) mass is 365 g/mol. The van der Waals surface area contributed by atoms with Crippen LogP contribution in [-0.2, 0) is 14.8 Å². The summed E-state index contributed by atoms with van der Waals surface area (Å²) in [5, 5.41) is 7.94. The standard InChI is InChI=1S/C18H27N3O3S/c19-25(23,24)17-8-4-7-15(11-17)20-18(22)13-21(16-9-10-16)12-14-5-2-1-3-6-14/h4,7-8,11,14,16H,1-3,5-6,9-10,12-13H2,(H,20,22)(H2,19,23,24). The summed E-state index contributed by atoms with van der Waals surface area (Å²) in [5.41, 5.74) is 0.463. The van der Waals surface area contributed by atoms with Crippen LogP contribution in [0.2, 0.25) is 0 Å². The second-order valence-corrected chi connectivity index (χ2v) is 8.85. The number of anilines is 1. The van der Waals surface area contributed by atoms with E-state index >= 15 is 0 Å². The number of carbonyl (C=O) groups excluding carboxylic acids is 1. The van der Waals surface area contributed by atoms with Gasteiger partial charge in [-0.25, -0.2) is 13.6 Å². The topological polar surface area (TPSA) is 92.5 Å². The first-order valence-electron chi connectivity index (χ1n) is 9.08. The summed E-state index contributed by atoms with van der Waals surface area (Å²) >= 11 is 0. The van der Waals surface area contributed by atoms with Gasteiger partial charge in [-0.1, -0.05) is 25.3 Å². The minimum absolute atomic E-state index is 0.00607. The first-order valence-corrected chi connectivity index (χ1v) is 10.6. The van der Waals surface area contributed by atoms with E-state index < -0.39 is 10.0 Å². The summed E-state index contributed by atoms with van der Waals surface area (Å²) in [7, 11) is -3.77. The van der Waals surface area contributed by atoms with Crippen LogP contribution in [0.1, 0.15) is 44.9 Å².